The number of benzene rings is 1. The van der Waals surface area contributed by atoms with Gasteiger partial charge in [0, 0.05) is 18.0 Å². The summed E-state index contributed by atoms with van der Waals surface area (Å²) in [6.07, 6.45) is 2.21. The van der Waals surface area contributed by atoms with Crippen LogP contribution in [0.3, 0.4) is 0 Å². The zero-order valence-electron chi connectivity index (χ0n) is 11.6. The normalized spacial score (nSPS) is 10.1. The lowest BCUT2D eigenvalue weighted by molar-refractivity contribution is 0.743. The molecule has 0 N–H and O–H groups in total. The van der Waals surface area contributed by atoms with Crippen LogP contribution in [0.1, 0.15) is 39.2 Å². The molecule has 0 bridgehead atoms. The Kier molecular flexibility index (Phi) is 6.67. The maximum absolute atomic E-state index is 9.42. The summed E-state index contributed by atoms with van der Waals surface area (Å²) in [5.74, 6) is 1.000. The van der Waals surface area contributed by atoms with Crippen LogP contribution < -0.4 is 4.90 Å². The van der Waals surface area contributed by atoms with Gasteiger partial charge in [-0.25, -0.2) is 0 Å². The van der Waals surface area contributed by atoms with Crippen molar-refractivity contribution in [1.29, 1.82) is 5.26 Å². The lowest BCUT2D eigenvalue weighted by atomic mass is 10.1. The van der Waals surface area contributed by atoms with Gasteiger partial charge in [0.1, 0.15) is 6.07 Å². The van der Waals surface area contributed by atoms with Crippen LogP contribution in [0.25, 0.3) is 0 Å². The molecule has 2 nitrogen and oxygen atoms in total. The van der Waals surface area contributed by atoms with Crippen molar-refractivity contribution in [3.05, 3.63) is 23.8 Å². The predicted octanol–water partition coefficient (Wildman–Crippen LogP) is 4.30. The van der Waals surface area contributed by atoms with Crippen LogP contribution >= 0.6 is 11.8 Å². The van der Waals surface area contributed by atoms with Crippen molar-refractivity contribution in [3.63, 3.8) is 0 Å². The zero-order valence-corrected chi connectivity index (χ0v) is 12.4. The second kappa shape index (κ2) is 8.05. The fourth-order valence-corrected chi connectivity index (χ4v) is 2.84. The van der Waals surface area contributed by atoms with Crippen molar-refractivity contribution in [2.24, 2.45) is 0 Å². The van der Waals surface area contributed by atoms with E-state index in [1.54, 1.807) is 11.8 Å². The Morgan fingerprint density at radius 2 is 1.83 bits per heavy atom. The third-order valence-electron chi connectivity index (χ3n) is 2.74. The average molecular weight is 262 g/mol. The summed E-state index contributed by atoms with van der Waals surface area (Å²) in [7, 11) is 0. The van der Waals surface area contributed by atoms with E-state index in [0.717, 1.165) is 47.8 Å². The summed E-state index contributed by atoms with van der Waals surface area (Å²) in [5, 5.41) is 9.42. The van der Waals surface area contributed by atoms with Crippen LogP contribution in [0.5, 0.6) is 0 Å². The Hall–Kier alpha value is -1.14. The van der Waals surface area contributed by atoms with E-state index in [0.29, 0.717) is 0 Å². The Morgan fingerprint density at radius 3 is 2.33 bits per heavy atom. The first-order valence-electron chi connectivity index (χ1n) is 6.69. The Balaban J connectivity index is 3.12. The second-order valence-corrected chi connectivity index (χ2v) is 5.49. The van der Waals surface area contributed by atoms with Crippen LogP contribution in [0.15, 0.2) is 23.1 Å². The summed E-state index contributed by atoms with van der Waals surface area (Å²) in [5.41, 5.74) is 1.94. The Labute approximate surface area is 115 Å². The molecule has 0 unspecified atom stereocenters. The van der Waals surface area contributed by atoms with Crippen LogP contribution in [0.4, 0.5) is 5.69 Å². The molecule has 1 rings (SSSR count). The summed E-state index contributed by atoms with van der Waals surface area (Å²) in [6.45, 7) is 8.51. The molecule has 0 heterocycles. The molecular formula is C15H22N2S. The van der Waals surface area contributed by atoms with E-state index in [2.05, 4.69) is 43.9 Å². The maximum atomic E-state index is 9.42. The number of thioether (sulfide) groups is 1. The van der Waals surface area contributed by atoms with Crippen molar-refractivity contribution in [3.8, 4) is 6.07 Å². The number of anilines is 1. The number of nitrogens with zero attached hydrogens (tertiary/aromatic N) is 2. The fraction of sp³-hybridized carbons (Fsp3) is 0.533. The van der Waals surface area contributed by atoms with Gasteiger partial charge in [-0.1, -0.05) is 26.8 Å². The molecule has 0 amide bonds. The largest absolute Gasteiger partial charge is 0.370 e. The monoisotopic (exact) mass is 262 g/mol. The Bertz CT molecular complexity index is 403. The number of rotatable bonds is 7. The Morgan fingerprint density at radius 1 is 1.17 bits per heavy atom. The summed E-state index contributed by atoms with van der Waals surface area (Å²) >= 11 is 1.75. The predicted molar refractivity (Wildman–Crippen MR) is 80.4 cm³/mol. The molecule has 1 aromatic carbocycles. The van der Waals surface area contributed by atoms with Gasteiger partial charge in [-0.15, -0.1) is 11.8 Å². The van der Waals surface area contributed by atoms with Crippen LogP contribution in [-0.4, -0.2) is 18.8 Å². The van der Waals surface area contributed by atoms with Crippen LogP contribution in [-0.2, 0) is 0 Å². The van der Waals surface area contributed by atoms with Crippen LogP contribution in [0.2, 0.25) is 0 Å². The highest BCUT2D eigenvalue weighted by atomic mass is 32.2. The van der Waals surface area contributed by atoms with Gasteiger partial charge < -0.3 is 4.90 Å². The minimum absolute atomic E-state index is 0.839. The topological polar surface area (TPSA) is 27.0 Å². The van der Waals surface area contributed by atoms with Gasteiger partial charge in [-0.3, -0.25) is 0 Å². The molecule has 0 atom stereocenters. The van der Waals surface area contributed by atoms with Gasteiger partial charge in [0.05, 0.1) is 11.3 Å². The van der Waals surface area contributed by atoms with Gasteiger partial charge >= 0.3 is 0 Å². The van der Waals surface area contributed by atoms with E-state index in [1.165, 1.54) is 0 Å². The van der Waals surface area contributed by atoms with E-state index >= 15 is 0 Å². The molecule has 0 radical (unpaired) electrons. The number of hydrogen-bond donors (Lipinski definition) is 0. The van der Waals surface area contributed by atoms with Crippen molar-refractivity contribution in [1.82, 2.24) is 0 Å². The van der Waals surface area contributed by atoms with Gasteiger partial charge in [0.2, 0.25) is 0 Å². The molecule has 0 saturated carbocycles. The first kappa shape index (κ1) is 14.9. The molecule has 3 heteroatoms. The highest BCUT2D eigenvalue weighted by Crippen LogP contribution is 2.30. The molecule has 98 valence electrons. The average Bonchev–Trinajstić information content (AvgIpc) is 2.38. The molecule has 0 aromatic heterocycles. The molecule has 0 saturated heterocycles. The summed E-state index contributed by atoms with van der Waals surface area (Å²) < 4.78 is 0. The van der Waals surface area contributed by atoms with E-state index in [1.807, 2.05) is 6.07 Å². The highest BCUT2D eigenvalue weighted by molar-refractivity contribution is 7.99. The summed E-state index contributed by atoms with van der Waals surface area (Å²) in [6, 6.07) is 8.57. The fourth-order valence-electron chi connectivity index (χ4n) is 2.06. The summed E-state index contributed by atoms with van der Waals surface area (Å²) in [4.78, 5) is 3.44. The zero-order chi connectivity index (χ0) is 13.4. The van der Waals surface area contributed by atoms with Crippen molar-refractivity contribution in [2.75, 3.05) is 23.7 Å². The quantitative estimate of drug-likeness (QED) is 0.686. The molecule has 18 heavy (non-hydrogen) atoms. The lowest BCUT2D eigenvalue weighted by Gasteiger charge is -2.25. The smallest absolute Gasteiger partial charge is 0.103 e. The number of nitriles is 1. The van der Waals surface area contributed by atoms with E-state index in [9.17, 15) is 5.26 Å². The molecule has 0 aliphatic carbocycles. The SMILES string of the molecule is CCCN(CCC)c1cccc(SCC)c1C#N. The lowest BCUT2D eigenvalue weighted by Crippen LogP contribution is -2.25. The van der Waals surface area contributed by atoms with E-state index in [-0.39, 0.29) is 0 Å². The first-order valence-corrected chi connectivity index (χ1v) is 7.67. The van der Waals surface area contributed by atoms with Crippen LogP contribution in [0, 0.1) is 11.3 Å². The standard InChI is InChI=1S/C15H22N2S/c1-4-10-17(11-5-2)14-8-7-9-15(18-6-3)13(14)12-16/h7-9H,4-6,10-11H2,1-3H3. The van der Waals surface area contributed by atoms with E-state index < -0.39 is 0 Å². The van der Waals surface area contributed by atoms with Crippen molar-refractivity contribution in [2.45, 2.75) is 38.5 Å². The van der Waals surface area contributed by atoms with Gasteiger partial charge in [-0.2, -0.15) is 5.26 Å². The molecular weight excluding hydrogens is 240 g/mol. The maximum Gasteiger partial charge on any atom is 0.103 e. The van der Waals surface area contributed by atoms with Gasteiger partial charge in [-0.05, 0) is 30.7 Å². The van der Waals surface area contributed by atoms with Crippen molar-refractivity contribution >= 4 is 17.4 Å². The molecule has 0 fully saturated rings. The molecule has 1 aromatic rings. The first-order chi connectivity index (χ1) is 8.78. The minimum atomic E-state index is 0.839. The third-order valence-corrected chi connectivity index (χ3v) is 3.68. The minimum Gasteiger partial charge on any atom is -0.370 e. The van der Waals surface area contributed by atoms with Gasteiger partial charge in [0.25, 0.3) is 0 Å². The number of hydrogen-bond acceptors (Lipinski definition) is 3. The third kappa shape index (κ3) is 3.68. The van der Waals surface area contributed by atoms with E-state index in [4.69, 9.17) is 0 Å². The molecule has 0 aliphatic heterocycles. The molecule has 0 aliphatic rings. The highest BCUT2D eigenvalue weighted by Gasteiger charge is 2.13. The molecule has 0 spiro atoms. The van der Waals surface area contributed by atoms with Gasteiger partial charge in [0.15, 0.2) is 0 Å². The second-order valence-electron chi connectivity index (χ2n) is 4.18. The van der Waals surface area contributed by atoms with Crippen molar-refractivity contribution < 1.29 is 0 Å².